The summed E-state index contributed by atoms with van der Waals surface area (Å²) in [5, 5.41) is 4.13. The fourth-order valence-corrected chi connectivity index (χ4v) is 13.0. The summed E-state index contributed by atoms with van der Waals surface area (Å²) in [5.74, 6) is 0. The summed E-state index contributed by atoms with van der Waals surface area (Å²) < 4.78 is 47.5. The fourth-order valence-electron chi connectivity index (χ4n) is 13.0. The molecule has 84 heavy (non-hydrogen) atoms. The molecule has 0 bridgehead atoms. The van der Waals surface area contributed by atoms with E-state index >= 15 is 0 Å². The van der Waals surface area contributed by atoms with Crippen LogP contribution >= 0.6 is 0 Å². The Morgan fingerprint density at radius 2 is 0.679 bits per heavy atom. The van der Waals surface area contributed by atoms with Crippen LogP contribution in [0.5, 0.6) is 0 Å². The average molecular weight is 1100 g/mol. The summed E-state index contributed by atoms with van der Waals surface area (Å²) >= 11 is 0. The lowest BCUT2D eigenvalue weighted by molar-refractivity contribution is -0.137. The minimum atomic E-state index is -4.65. The normalized spacial score (nSPS) is 11.7. The zero-order valence-corrected chi connectivity index (χ0v) is 48.0. The van der Waals surface area contributed by atoms with Gasteiger partial charge in [0.15, 0.2) is 11.4 Å². The predicted octanol–water partition coefficient (Wildman–Crippen LogP) is 22.5. The lowest BCUT2D eigenvalue weighted by Crippen LogP contribution is -2.04. The lowest BCUT2D eigenvalue weighted by atomic mass is 9.93. The molecule has 406 valence electrons. The second-order valence-electron chi connectivity index (χ2n) is 22.7. The van der Waals surface area contributed by atoms with Gasteiger partial charge in [-0.25, -0.2) is 9.69 Å². The molecule has 0 spiro atoms. The van der Waals surface area contributed by atoms with Gasteiger partial charge in [0, 0.05) is 38.4 Å². The maximum atomic E-state index is 14.3. The molecule has 4 nitrogen and oxygen atoms in total. The first kappa shape index (κ1) is 53.1. The van der Waals surface area contributed by atoms with Crippen LogP contribution in [0.3, 0.4) is 0 Å². The molecule has 0 saturated heterocycles. The number of aryl methyl sites for hydroxylation is 8. The standard InChI is InChI=1S/C77H57F3N4/c1-44-14-24-58(48(5)34-44)52-18-29-70-63(38-52)64-39-53(59-25-15-45(2)35-49(59)6)19-30-71(64)83(70)74-33-22-56(62-28-23-57(77(78,79)80)43-69(62)82-10)42-67(74)76-68(81-9)12-11-13-75(76)84-72-31-20-54(60-26-16-46(3)36-50(60)7)40-65(72)66-41-55(21-32-73(66)84)61-27-17-47(4)37-51(61)8/h11-43H,1-8H3. The van der Waals surface area contributed by atoms with Crippen molar-refractivity contribution in [3.8, 4) is 78.1 Å². The zero-order valence-electron chi connectivity index (χ0n) is 48.0. The molecule has 0 saturated carbocycles. The molecule has 2 aromatic heterocycles. The molecular formula is C77H57F3N4. The second kappa shape index (κ2) is 20.3. The van der Waals surface area contributed by atoms with Crippen LogP contribution in [-0.4, -0.2) is 9.13 Å². The van der Waals surface area contributed by atoms with Crippen LogP contribution in [0, 0.1) is 68.5 Å². The van der Waals surface area contributed by atoms with Gasteiger partial charge in [0.25, 0.3) is 0 Å². The molecule has 0 aliphatic heterocycles. The number of hydrogen-bond donors (Lipinski definition) is 0. The maximum Gasteiger partial charge on any atom is 0.415 e. The van der Waals surface area contributed by atoms with Gasteiger partial charge in [-0.05, 0) is 212 Å². The van der Waals surface area contributed by atoms with E-state index in [1.165, 1.54) is 50.6 Å². The van der Waals surface area contributed by atoms with Crippen LogP contribution in [-0.2, 0) is 6.18 Å². The van der Waals surface area contributed by atoms with Crippen LogP contribution < -0.4 is 0 Å². The van der Waals surface area contributed by atoms with E-state index in [2.05, 4.69) is 226 Å². The van der Waals surface area contributed by atoms with Crippen LogP contribution in [0.4, 0.5) is 24.5 Å². The SMILES string of the molecule is [C-]#[N+]c1cc(C(F)(F)F)ccc1-c1ccc(-n2c3ccc(-c4ccc(C)cc4C)cc3c3cc(-c4ccc(C)cc4C)ccc32)c(-c2c([N+]#[C-])cccc2-n2c3ccc(-c4ccc(C)cc4C)cc3c3cc(-c4ccc(C)cc4C)ccc32)c1. The van der Waals surface area contributed by atoms with E-state index in [1.807, 2.05) is 30.3 Å². The Hall–Kier alpha value is -10.2. The maximum absolute atomic E-state index is 14.3. The van der Waals surface area contributed by atoms with Gasteiger partial charge in [0.1, 0.15) is 0 Å². The predicted molar refractivity (Wildman–Crippen MR) is 343 cm³/mol. The molecule has 0 radical (unpaired) electrons. The largest absolute Gasteiger partial charge is 0.415 e. The first-order chi connectivity index (χ1) is 40.5. The minimum Gasteiger partial charge on any atom is -0.310 e. The molecule has 13 rings (SSSR count). The molecule has 0 aliphatic carbocycles. The Morgan fingerprint density at radius 1 is 0.321 bits per heavy atom. The van der Waals surface area contributed by atoms with Crippen molar-refractivity contribution in [1.29, 1.82) is 0 Å². The molecule has 2 heterocycles. The number of rotatable bonds is 8. The van der Waals surface area contributed by atoms with Crippen LogP contribution in [0.2, 0.25) is 0 Å². The second-order valence-corrected chi connectivity index (χ2v) is 22.7. The van der Waals surface area contributed by atoms with Gasteiger partial charge < -0.3 is 9.13 Å². The molecule has 0 N–H and O–H groups in total. The number of alkyl halides is 3. The van der Waals surface area contributed by atoms with E-state index in [-0.39, 0.29) is 5.69 Å². The molecule has 0 aliphatic rings. The van der Waals surface area contributed by atoms with Gasteiger partial charge in [-0.1, -0.05) is 150 Å². The first-order valence-corrected chi connectivity index (χ1v) is 28.2. The number of benzene rings is 11. The topological polar surface area (TPSA) is 18.6 Å². The van der Waals surface area contributed by atoms with Crippen molar-refractivity contribution in [2.24, 2.45) is 0 Å². The van der Waals surface area contributed by atoms with E-state index < -0.39 is 11.7 Å². The molecule has 0 fully saturated rings. The van der Waals surface area contributed by atoms with Crippen molar-refractivity contribution in [1.82, 2.24) is 9.13 Å². The number of halogens is 3. The molecule has 0 amide bonds. The van der Waals surface area contributed by atoms with Crippen molar-refractivity contribution in [2.75, 3.05) is 0 Å². The van der Waals surface area contributed by atoms with Gasteiger partial charge >= 0.3 is 6.18 Å². The number of nitrogens with zero attached hydrogens (tertiary/aromatic N) is 4. The smallest absolute Gasteiger partial charge is 0.310 e. The summed E-state index contributed by atoms with van der Waals surface area (Å²) in [6.07, 6.45) is -4.65. The quantitative estimate of drug-likeness (QED) is 0.135. The van der Waals surface area contributed by atoms with Crippen LogP contribution in [0.1, 0.15) is 50.1 Å². The van der Waals surface area contributed by atoms with Crippen molar-refractivity contribution < 1.29 is 13.2 Å². The van der Waals surface area contributed by atoms with Gasteiger partial charge in [-0.15, -0.1) is 0 Å². The summed E-state index contributed by atoms with van der Waals surface area (Å²) in [6, 6.07) is 67.9. The van der Waals surface area contributed by atoms with Gasteiger partial charge in [-0.2, -0.15) is 13.2 Å². The molecule has 11 aromatic carbocycles. The number of fused-ring (bicyclic) bond motifs is 6. The average Bonchev–Trinajstić information content (AvgIpc) is 1.65. The Balaban J connectivity index is 1.14. The Kier molecular flexibility index (Phi) is 12.9. The first-order valence-electron chi connectivity index (χ1n) is 28.2. The molecule has 0 atom stereocenters. The summed E-state index contributed by atoms with van der Waals surface area (Å²) in [5.41, 5.74) is 25.1. The summed E-state index contributed by atoms with van der Waals surface area (Å²) in [7, 11) is 0. The lowest BCUT2D eigenvalue weighted by Gasteiger charge is -2.21. The van der Waals surface area contributed by atoms with Gasteiger partial charge in [0.05, 0.1) is 40.9 Å². The van der Waals surface area contributed by atoms with Crippen molar-refractivity contribution in [2.45, 2.75) is 61.6 Å². The third-order valence-corrected chi connectivity index (χ3v) is 16.9. The summed E-state index contributed by atoms with van der Waals surface area (Å²) in [4.78, 5) is 8.01. The van der Waals surface area contributed by atoms with Crippen molar-refractivity contribution in [3.05, 3.63) is 273 Å². The Bertz CT molecular complexity index is 4790. The number of aromatic nitrogens is 2. The van der Waals surface area contributed by atoms with E-state index in [1.54, 1.807) is 0 Å². The zero-order chi connectivity index (χ0) is 58.5. The fraction of sp³-hybridized carbons (Fsp3) is 0.117. The molecule has 7 heteroatoms. The minimum absolute atomic E-state index is 0.126. The highest BCUT2D eigenvalue weighted by Crippen LogP contribution is 2.49. The highest BCUT2D eigenvalue weighted by molar-refractivity contribution is 6.15. The monoisotopic (exact) mass is 1090 g/mol. The van der Waals surface area contributed by atoms with E-state index in [0.29, 0.717) is 27.9 Å². The third-order valence-electron chi connectivity index (χ3n) is 16.9. The Morgan fingerprint density at radius 3 is 1.05 bits per heavy atom. The van der Waals surface area contributed by atoms with Crippen molar-refractivity contribution in [3.63, 3.8) is 0 Å². The van der Waals surface area contributed by atoms with Crippen LogP contribution in [0.25, 0.3) is 131 Å². The van der Waals surface area contributed by atoms with E-state index in [9.17, 15) is 13.2 Å². The molecule has 13 aromatic rings. The van der Waals surface area contributed by atoms with Crippen molar-refractivity contribution >= 4 is 55.0 Å². The number of hydrogen-bond acceptors (Lipinski definition) is 0. The highest BCUT2D eigenvalue weighted by Gasteiger charge is 2.32. The van der Waals surface area contributed by atoms with E-state index in [4.69, 9.17) is 13.1 Å². The van der Waals surface area contributed by atoms with Crippen LogP contribution in [0.15, 0.2) is 200 Å². The van der Waals surface area contributed by atoms with Gasteiger partial charge in [0.2, 0.25) is 0 Å². The van der Waals surface area contributed by atoms with E-state index in [0.717, 1.165) is 112 Å². The highest BCUT2D eigenvalue weighted by atomic mass is 19.4. The third kappa shape index (κ3) is 9.01. The molecular weight excluding hydrogens is 1040 g/mol. The molecule has 0 unspecified atom stereocenters. The Labute approximate surface area is 487 Å². The summed E-state index contributed by atoms with van der Waals surface area (Å²) in [6.45, 7) is 34.3. The van der Waals surface area contributed by atoms with Gasteiger partial charge in [-0.3, -0.25) is 0 Å².